The van der Waals surface area contributed by atoms with Crippen molar-refractivity contribution >= 4 is 29.0 Å². The highest BCUT2D eigenvalue weighted by atomic mass is 15.2. The third-order valence-corrected chi connectivity index (χ3v) is 6.25. The lowest BCUT2D eigenvalue weighted by molar-refractivity contribution is 0.667. The molecule has 1 heterocycles. The minimum absolute atomic E-state index is 0.585. The molecular formula is C30H43N5. The van der Waals surface area contributed by atoms with Crippen LogP contribution in [0.1, 0.15) is 76.3 Å². The lowest BCUT2D eigenvalue weighted by Gasteiger charge is -2.16. The van der Waals surface area contributed by atoms with Crippen LogP contribution in [0.3, 0.4) is 0 Å². The molecule has 0 unspecified atom stereocenters. The second-order valence-electron chi connectivity index (χ2n) is 9.59. The fraction of sp³-hybridized carbons (Fsp3) is 0.467. The molecule has 0 aliphatic heterocycles. The van der Waals surface area contributed by atoms with Gasteiger partial charge in [0.05, 0.1) is 0 Å². The van der Waals surface area contributed by atoms with Gasteiger partial charge in [0, 0.05) is 31.5 Å². The Morgan fingerprint density at radius 3 is 1.63 bits per heavy atom. The van der Waals surface area contributed by atoms with Crippen molar-refractivity contribution in [2.24, 2.45) is 0 Å². The van der Waals surface area contributed by atoms with Crippen LogP contribution in [0.2, 0.25) is 0 Å². The Balaban J connectivity index is 1.64. The van der Waals surface area contributed by atoms with E-state index in [1.165, 1.54) is 62.5 Å². The third kappa shape index (κ3) is 9.23. The Morgan fingerprint density at radius 1 is 0.629 bits per heavy atom. The van der Waals surface area contributed by atoms with Crippen molar-refractivity contribution in [2.75, 3.05) is 29.6 Å². The van der Waals surface area contributed by atoms with E-state index in [0.29, 0.717) is 5.95 Å². The molecule has 5 nitrogen and oxygen atoms in total. The van der Waals surface area contributed by atoms with Gasteiger partial charge in [-0.3, -0.25) is 0 Å². The summed E-state index contributed by atoms with van der Waals surface area (Å²) in [5.74, 6) is 2.21. The third-order valence-electron chi connectivity index (χ3n) is 6.25. The SMILES string of the molecule is CCCCCCc1ccc(Nc2cc(N(C)C)nc(Nc3ccc(CCCCCC)cc3)n2)cc1. The quantitative estimate of drug-likeness (QED) is 0.218. The number of aryl methyl sites for hydroxylation is 2. The van der Waals surface area contributed by atoms with Crippen molar-refractivity contribution in [1.82, 2.24) is 9.97 Å². The highest BCUT2D eigenvalue weighted by Gasteiger charge is 2.08. The molecule has 0 saturated heterocycles. The first kappa shape index (κ1) is 26.5. The Bertz CT molecular complexity index is 921. The van der Waals surface area contributed by atoms with Gasteiger partial charge in [0.25, 0.3) is 0 Å². The van der Waals surface area contributed by atoms with Gasteiger partial charge in [-0.1, -0.05) is 76.6 Å². The lowest BCUT2D eigenvalue weighted by atomic mass is 10.1. The molecule has 1 aromatic heterocycles. The lowest BCUT2D eigenvalue weighted by Crippen LogP contribution is -2.13. The van der Waals surface area contributed by atoms with Crippen molar-refractivity contribution in [3.05, 3.63) is 65.7 Å². The summed E-state index contributed by atoms with van der Waals surface area (Å²) in [6.07, 6.45) is 12.6. The maximum Gasteiger partial charge on any atom is 0.231 e. The van der Waals surface area contributed by atoms with Crippen LogP contribution in [0, 0.1) is 0 Å². The fourth-order valence-electron chi connectivity index (χ4n) is 4.08. The topological polar surface area (TPSA) is 53.1 Å². The summed E-state index contributed by atoms with van der Waals surface area (Å²) in [7, 11) is 3.99. The van der Waals surface area contributed by atoms with E-state index in [1.54, 1.807) is 0 Å². The minimum Gasteiger partial charge on any atom is -0.363 e. The van der Waals surface area contributed by atoms with E-state index in [0.717, 1.165) is 35.9 Å². The smallest absolute Gasteiger partial charge is 0.231 e. The summed E-state index contributed by atoms with van der Waals surface area (Å²) in [6.45, 7) is 4.50. The molecule has 35 heavy (non-hydrogen) atoms. The van der Waals surface area contributed by atoms with Crippen molar-refractivity contribution in [3.8, 4) is 0 Å². The van der Waals surface area contributed by atoms with Crippen LogP contribution >= 0.6 is 0 Å². The number of anilines is 5. The number of nitrogens with one attached hydrogen (secondary N) is 2. The van der Waals surface area contributed by atoms with E-state index < -0.39 is 0 Å². The Hall–Kier alpha value is -3.08. The molecule has 0 spiro atoms. The highest BCUT2D eigenvalue weighted by Crippen LogP contribution is 2.23. The molecule has 0 amide bonds. The average Bonchev–Trinajstić information content (AvgIpc) is 2.86. The summed E-state index contributed by atoms with van der Waals surface area (Å²) in [5, 5.41) is 6.84. The number of benzene rings is 2. The van der Waals surface area contributed by atoms with Gasteiger partial charge in [-0.15, -0.1) is 0 Å². The van der Waals surface area contributed by atoms with Gasteiger partial charge in [-0.2, -0.15) is 9.97 Å². The summed E-state index contributed by atoms with van der Waals surface area (Å²) >= 11 is 0. The Kier molecular flexibility index (Phi) is 10.9. The first-order chi connectivity index (χ1) is 17.1. The molecule has 0 fully saturated rings. The van der Waals surface area contributed by atoms with E-state index in [1.807, 2.05) is 25.1 Å². The number of aromatic nitrogens is 2. The zero-order chi connectivity index (χ0) is 24.9. The molecule has 2 N–H and O–H groups in total. The molecule has 0 radical (unpaired) electrons. The van der Waals surface area contributed by atoms with E-state index in [-0.39, 0.29) is 0 Å². The maximum atomic E-state index is 4.73. The van der Waals surface area contributed by atoms with Crippen LogP contribution in [0.4, 0.5) is 29.0 Å². The normalized spacial score (nSPS) is 10.9. The molecule has 0 bridgehead atoms. The molecule has 188 valence electrons. The van der Waals surface area contributed by atoms with Gasteiger partial charge in [-0.05, 0) is 61.1 Å². The summed E-state index contributed by atoms with van der Waals surface area (Å²) in [5.41, 5.74) is 4.80. The van der Waals surface area contributed by atoms with Crippen LogP contribution in [0.25, 0.3) is 0 Å². The first-order valence-electron chi connectivity index (χ1n) is 13.4. The van der Waals surface area contributed by atoms with Gasteiger partial charge in [0.2, 0.25) is 5.95 Å². The molecule has 3 aromatic rings. The molecule has 0 aliphatic carbocycles. The Labute approximate surface area is 212 Å². The van der Waals surface area contributed by atoms with Crippen molar-refractivity contribution < 1.29 is 0 Å². The van der Waals surface area contributed by atoms with Gasteiger partial charge in [0.15, 0.2) is 0 Å². The molecule has 2 aromatic carbocycles. The van der Waals surface area contributed by atoms with E-state index >= 15 is 0 Å². The predicted octanol–water partition coefficient (Wildman–Crippen LogP) is 8.28. The number of hydrogen-bond acceptors (Lipinski definition) is 5. The minimum atomic E-state index is 0.585. The summed E-state index contributed by atoms with van der Waals surface area (Å²) in [6, 6.07) is 19.3. The largest absolute Gasteiger partial charge is 0.363 e. The molecular weight excluding hydrogens is 430 g/mol. The standard InChI is InChI=1S/C30H43N5/c1-5-7-9-11-13-24-15-19-26(20-16-24)31-28-23-29(35(3)4)34-30(33-28)32-27-21-17-25(18-22-27)14-12-10-8-6-2/h15-23H,5-14H2,1-4H3,(H2,31,32,33,34). The maximum absolute atomic E-state index is 4.73. The monoisotopic (exact) mass is 473 g/mol. The predicted molar refractivity (Wildman–Crippen MR) is 152 cm³/mol. The molecule has 0 atom stereocenters. The molecule has 5 heteroatoms. The zero-order valence-corrected chi connectivity index (χ0v) is 22.1. The van der Waals surface area contributed by atoms with Crippen LogP contribution in [-0.4, -0.2) is 24.1 Å². The molecule has 3 rings (SSSR count). The zero-order valence-electron chi connectivity index (χ0n) is 22.1. The second kappa shape index (κ2) is 14.3. The summed E-state index contributed by atoms with van der Waals surface area (Å²) < 4.78 is 0. The molecule has 0 aliphatic rings. The van der Waals surface area contributed by atoms with Crippen LogP contribution in [0.5, 0.6) is 0 Å². The van der Waals surface area contributed by atoms with Crippen molar-refractivity contribution in [1.29, 1.82) is 0 Å². The first-order valence-corrected chi connectivity index (χ1v) is 13.4. The number of hydrogen-bond donors (Lipinski definition) is 2. The van der Waals surface area contributed by atoms with Crippen molar-refractivity contribution in [3.63, 3.8) is 0 Å². The summed E-state index contributed by atoms with van der Waals surface area (Å²) in [4.78, 5) is 11.4. The number of rotatable bonds is 15. The highest BCUT2D eigenvalue weighted by molar-refractivity contribution is 5.64. The van der Waals surface area contributed by atoms with Gasteiger partial charge >= 0.3 is 0 Å². The van der Waals surface area contributed by atoms with Crippen LogP contribution in [-0.2, 0) is 12.8 Å². The molecule has 0 saturated carbocycles. The Morgan fingerprint density at radius 2 is 1.14 bits per heavy atom. The van der Waals surface area contributed by atoms with Gasteiger partial charge < -0.3 is 15.5 Å². The van der Waals surface area contributed by atoms with E-state index in [4.69, 9.17) is 4.98 Å². The fourth-order valence-corrected chi connectivity index (χ4v) is 4.08. The number of unbranched alkanes of at least 4 members (excludes halogenated alkanes) is 6. The van der Waals surface area contributed by atoms with Crippen molar-refractivity contribution in [2.45, 2.75) is 78.1 Å². The van der Waals surface area contributed by atoms with E-state index in [2.05, 4.69) is 78.0 Å². The van der Waals surface area contributed by atoms with Crippen LogP contribution in [0.15, 0.2) is 54.6 Å². The van der Waals surface area contributed by atoms with Gasteiger partial charge in [-0.25, -0.2) is 0 Å². The van der Waals surface area contributed by atoms with E-state index in [9.17, 15) is 0 Å². The second-order valence-corrected chi connectivity index (χ2v) is 9.59. The number of nitrogens with zero attached hydrogens (tertiary/aromatic N) is 3. The van der Waals surface area contributed by atoms with Gasteiger partial charge in [0.1, 0.15) is 11.6 Å². The average molecular weight is 474 g/mol. The van der Waals surface area contributed by atoms with Crippen LogP contribution < -0.4 is 15.5 Å².